The van der Waals surface area contributed by atoms with Crippen molar-refractivity contribution in [2.24, 2.45) is 5.92 Å². The third-order valence-electron chi connectivity index (χ3n) is 3.31. The van der Waals surface area contributed by atoms with Gasteiger partial charge in [-0.3, -0.25) is 4.31 Å². The molecule has 1 aromatic rings. The highest BCUT2D eigenvalue weighted by Crippen LogP contribution is 2.34. The van der Waals surface area contributed by atoms with Crippen LogP contribution in [0.1, 0.15) is 25.8 Å². The Labute approximate surface area is 109 Å². The largest absolute Gasteiger partial charge is 0.398 e. The number of hydrogen-bond acceptors (Lipinski definition) is 3. The summed E-state index contributed by atoms with van der Waals surface area (Å²) in [6, 6.07) is 5.47. The molecule has 0 fully saturated rings. The van der Waals surface area contributed by atoms with Crippen LogP contribution in [0, 0.1) is 5.92 Å². The predicted octanol–water partition coefficient (Wildman–Crippen LogP) is 2.01. The Hall–Kier alpha value is -1.23. The molecule has 0 unspecified atom stereocenters. The van der Waals surface area contributed by atoms with Gasteiger partial charge in [0.2, 0.25) is 10.0 Å². The van der Waals surface area contributed by atoms with Crippen molar-refractivity contribution in [1.29, 1.82) is 0 Å². The average Bonchev–Trinajstić information content (AvgIpc) is 2.72. The van der Waals surface area contributed by atoms with E-state index in [0.717, 1.165) is 11.3 Å². The molecule has 0 amide bonds. The number of nitrogens with zero attached hydrogens (tertiary/aromatic N) is 1. The predicted molar refractivity (Wildman–Crippen MR) is 75.1 cm³/mol. The minimum Gasteiger partial charge on any atom is -0.398 e. The summed E-state index contributed by atoms with van der Waals surface area (Å²) in [6.45, 7) is 4.58. The lowest BCUT2D eigenvalue weighted by Gasteiger charge is -2.20. The van der Waals surface area contributed by atoms with Gasteiger partial charge in [0, 0.05) is 17.8 Å². The summed E-state index contributed by atoms with van der Waals surface area (Å²) in [7, 11) is -3.21. The summed E-state index contributed by atoms with van der Waals surface area (Å²) in [6.07, 6.45) is 1.40. The Kier molecular flexibility index (Phi) is 3.52. The van der Waals surface area contributed by atoms with Crippen molar-refractivity contribution in [2.45, 2.75) is 26.7 Å². The molecular formula is C13H20N2O2S. The summed E-state index contributed by atoms with van der Waals surface area (Å²) < 4.78 is 26.1. The maximum Gasteiger partial charge on any atom is 0.235 e. The van der Waals surface area contributed by atoms with Crippen LogP contribution in [-0.2, 0) is 16.4 Å². The molecule has 0 aliphatic carbocycles. The fraction of sp³-hybridized carbons (Fsp3) is 0.538. The van der Waals surface area contributed by atoms with Gasteiger partial charge in [-0.05, 0) is 30.9 Å². The molecule has 5 heteroatoms. The van der Waals surface area contributed by atoms with Gasteiger partial charge in [0.25, 0.3) is 0 Å². The van der Waals surface area contributed by atoms with E-state index < -0.39 is 10.0 Å². The van der Waals surface area contributed by atoms with Crippen LogP contribution >= 0.6 is 0 Å². The summed E-state index contributed by atoms with van der Waals surface area (Å²) in [5, 5.41) is 0. The molecular weight excluding hydrogens is 248 g/mol. The lowest BCUT2D eigenvalue weighted by Crippen LogP contribution is -2.31. The van der Waals surface area contributed by atoms with Crippen LogP contribution in [0.3, 0.4) is 0 Å². The van der Waals surface area contributed by atoms with E-state index in [1.807, 2.05) is 32.0 Å². The number of nitrogens with two attached hydrogens (primary N) is 1. The third-order valence-corrected chi connectivity index (χ3v) is 5.11. The fourth-order valence-electron chi connectivity index (χ4n) is 2.22. The van der Waals surface area contributed by atoms with Crippen LogP contribution in [0.4, 0.5) is 11.4 Å². The van der Waals surface area contributed by atoms with Crippen molar-refractivity contribution in [2.75, 3.05) is 22.3 Å². The van der Waals surface area contributed by atoms with E-state index in [9.17, 15) is 8.42 Å². The highest BCUT2D eigenvalue weighted by molar-refractivity contribution is 7.92. The molecule has 0 bridgehead atoms. The minimum atomic E-state index is -3.21. The Bertz CT molecular complexity index is 538. The number of nitrogen functional groups attached to an aromatic ring is 1. The second-order valence-corrected chi connectivity index (χ2v) is 7.18. The van der Waals surface area contributed by atoms with Gasteiger partial charge in [-0.1, -0.05) is 19.9 Å². The Morgan fingerprint density at radius 1 is 1.39 bits per heavy atom. The molecule has 18 heavy (non-hydrogen) atoms. The van der Waals surface area contributed by atoms with Gasteiger partial charge in [-0.25, -0.2) is 8.42 Å². The van der Waals surface area contributed by atoms with Crippen LogP contribution in [-0.4, -0.2) is 20.7 Å². The summed E-state index contributed by atoms with van der Waals surface area (Å²) in [5.74, 6) is 0.599. The first-order chi connectivity index (χ1) is 8.42. The maximum atomic E-state index is 12.3. The van der Waals surface area contributed by atoms with E-state index in [2.05, 4.69) is 0 Å². The van der Waals surface area contributed by atoms with E-state index >= 15 is 0 Å². The lowest BCUT2D eigenvalue weighted by atomic mass is 10.1. The topological polar surface area (TPSA) is 63.4 Å². The first-order valence-electron chi connectivity index (χ1n) is 6.29. The lowest BCUT2D eigenvalue weighted by molar-refractivity contribution is 0.570. The van der Waals surface area contributed by atoms with Gasteiger partial charge < -0.3 is 5.73 Å². The van der Waals surface area contributed by atoms with Gasteiger partial charge in [-0.15, -0.1) is 0 Å². The van der Waals surface area contributed by atoms with Crippen molar-refractivity contribution in [3.05, 3.63) is 23.8 Å². The van der Waals surface area contributed by atoms with Gasteiger partial charge in [0.05, 0.1) is 11.4 Å². The zero-order valence-electron chi connectivity index (χ0n) is 10.9. The fourth-order valence-corrected chi connectivity index (χ4v) is 4.05. The van der Waals surface area contributed by atoms with E-state index in [1.165, 1.54) is 4.31 Å². The van der Waals surface area contributed by atoms with Crippen LogP contribution in [0.5, 0.6) is 0 Å². The molecule has 2 rings (SSSR count). The summed E-state index contributed by atoms with van der Waals surface area (Å²) in [4.78, 5) is 0. The molecule has 0 spiro atoms. The SMILES string of the molecule is CC(C)CCS(=O)(=O)N1CCc2c(N)cccc21. The Balaban J connectivity index is 2.25. The molecule has 0 radical (unpaired) electrons. The van der Waals surface area contributed by atoms with Gasteiger partial charge in [-0.2, -0.15) is 0 Å². The van der Waals surface area contributed by atoms with Crippen LogP contribution < -0.4 is 10.0 Å². The van der Waals surface area contributed by atoms with E-state index in [4.69, 9.17) is 5.73 Å². The number of anilines is 2. The first kappa shape index (κ1) is 13.2. The Morgan fingerprint density at radius 3 is 2.78 bits per heavy atom. The zero-order valence-corrected chi connectivity index (χ0v) is 11.7. The van der Waals surface area contributed by atoms with Crippen molar-refractivity contribution >= 4 is 21.4 Å². The molecule has 0 atom stereocenters. The molecule has 0 saturated carbocycles. The van der Waals surface area contributed by atoms with E-state index in [1.54, 1.807) is 0 Å². The second kappa shape index (κ2) is 4.80. The van der Waals surface area contributed by atoms with Crippen LogP contribution in [0.15, 0.2) is 18.2 Å². The average molecular weight is 268 g/mol. The van der Waals surface area contributed by atoms with Crippen molar-refractivity contribution in [3.8, 4) is 0 Å². The van der Waals surface area contributed by atoms with Gasteiger partial charge >= 0.3 is 0 Å². The number of rotatable bonds is 4. The van der Waals surface area contributed by atoms with Crippen molar-refractivity contribution in [3.63, 3.8) is 0 Å². The molecule has 2 N–H and O–H groups in total. The quantitative estimate of drug-likeness (QED) is 0.850. The molecule has 1 aromatic carbocycles. The molecule has 0 aromatic heterocycles. The van der Waals surface area contributed by atoms with E-state index in [-0.39, 0.29) is 5.75 Å². The number of fused-ring (bicyclic) bond motifs is 1. The molecule has 0 saturated heterocycles. The molecule has 1 aliphatic rings. The molecule has 1 heterocycles. The summed E-state index contributed by atoms with van der Waals surface area (Å²) in [5.41, 5.74) is 8.29. The third kappa shape index (κ3) is 2.46. The van der Waals surface area contributed by atoms with Crippen LogP contribution in [0.2, 0.25) is 0 Å². The monoisotopic (exact) mass is 268 g/mol. The highest BCUT2D eigenvalue weighted by Gasteiger charge is 2.29. The van der Waals surface area contributed by atoms with Gasteiger partial charge in [0.1, 0.15) is 0 Å². The number of sulfonamides is 1. The minimum absolute atomic E-state index is 0.207. The maximum absolute atomic E-state index is 12.3. The zero-order chi connectivity index (χ0) is 13.3. The second-order valence-electron chi connectivity index (χ2n) is 5.17. The smallest absolute Gasteiger partial charge is 0.235 e. The first-order valence-corrected chi connectivity index (χ1v) is 7.90. The van der Waals surface area contributed by atoms with E-state index in [0.29, 0.717) is 31.0 Å². The molecule has 100 valence electrons. The number of benzene rings is 1. The number of hydrogen-bond donors (Lipinski definition) is 1. The normalized spacial score (nSPS) is 15.2. The Morgan fingerprint density at radius 2 is 2.11 bits per heavy atom. The molecule has 4 nitrogen and oxygen atoms in total. The molecule has 1 aliphatic heterocycles. The standard InChI is InChI=1S/C13H20N2O2S/c1-10(2)7-9-18(16,17)15-8-6-11-12(14)4-3-5-13(11)15/h3-5,10H,6-9,14H2,1-2H3. The summed E-state index contributed by atoms with van der Waals surface area (Å²) >= 11 is 0. The van der Waals surface area contributed by atoms with Crippen molar-refractivity contribution in [1.82, 2.24) is 0 Å². The van der Waals surface area contributed by atoms with Crippen molar-refractivity contribution < 1.29 is 8.42 Å². The van der Waals surface area contributed by atoms with Crippen LogP contribution in [0.25, 0.3) is 0 Å². The highest BCUT2D eigenvalue weighted by atomic mass is 32.2. The van der Waals surface area contributed by atoms with Gasteiger partial charge in [0.15, 0.2) is 0 Å².